The first kappa shape index (κ1) is 17.1. The van der Waals surface area contributed by atoms with Crippen LogP contribution in [0.25, 0.3) is 0 Å². The van der Waals surface area contributed by atoms with Gasteiger partial charge >= 0.3 is 5.69 Å². The van der Waals surface area contributed by atoms with Gasteiger partial charge in [0.1, 0.15) is 5.69 Å². The van der Waals surface area contributed by atoms with Crippen LogP contribution >= 0.6 is 0 Å². The maximum absolute atomic E-state index is 12.4. The summed E-state index contributed by atoms with van der Waals surface area (Å²) in [5.41, 5.74) is 5.03. The van der Waals surface area contributed by atoms with E-state index in [1.54, 1.807) is 0 Å². The van der Waals surface area contributed by atoms with E-state index in [-0.39, 0.29) is 23.6 Å². The monoisotopic (exact) mass is 297 g/mol. The fraction of sp³-hybridized carbons (Fsp3) is 0.692. The van der Waals surface area contributed by atoms with E-state index in [0.29, 0.717) is 12.3 Å². The van der Waals surface area contributed by atoms with Gasteiger partial charge in [-0.15, -0.1) is 0 Å². The molecule has 21 heavy (non-hydrogen) atoms. The van der Waals surface area contributed by atoms with Gasteiger partial charge in [0.15, 0.2) is 0 Å². The molecule has 8 heteroatoms. The summed E-state index contributed by atoms with van der Waals surface area (Å²) in [4.78, 5) is 23.0. The first-order chi connectivity index (χ1) is 9.61. The van der Waals surface area contributed by atoms with Crippen molar-refractivity contribution < 1.29 is 9.72 Å². The van der Waals surface area contributed by atoms with Crippen molar-refractivity contribution >= 4 is 11.6 Å². The lowest BCUT2D eigenvalue weighted by Crippen LogP contribution is -2.52. The Hall–Kier alpha value is -1.96. The Morgan fingerprint density at radius 3 is 2.57 bits per heavy atom. The number of aromatic nitrogens is 2. The summed E-state index contributed by atoms with van der Waals surface area (Å²) in [5, 5.41) is 17.9. The van der Waals surface area contributed by atoms with Crippen molar-refractivity contribution in [2.24, 2.45) is 18.7 Å². The van der Waals surface area contributed by atoms with Crippen LogP contribution < -0.4 is 11.1 Å². The topological polar surface area (TPSA) is 116 Å². The molecule has 0 aliphatic carbocycles. The highest BCUT2D eigenvalue weighted by Gasteiger charge is 2.33. The van der Waals surface area contributed by atoms with Crippen molar-refractivity contribution in [1.82, 2.24) is 15.1 Å². The van der Waals surface area contributed by atoms with E-state index >= 15 is 0 Å². The van der Waals surface area contributed by atoms with Gasteiger partial charge in [-0.3, -0.25) is 19.6 Å². The lowest BCUT2D eigenvalue weighted by atomic mass is 9.90. The van der Waals surface area contributed by atoms with Crippen molar-refractivity contribution in [1.29, 1.82) is 0 Å². The van der Waals surface area contributed by atoms with E-state index in [1.807, 2.05) is 20.8 Å². The zero-order chi connectivity index (χ0) is 16.4. The molecule has 3 N–H and O–H groups in total. The van der Waals surface area contributed by atoms with Crippen molar-refractivity contribution in [2.75, 3.05) is 6.54 Å². The van der Waals surface area contributed by atoms with Gasteiger partial charge in [0.25, 0.3) is 5.91 Å². The second-order valence-electron chi connectivity index (χ2n) is 5.98. The van der Waals surface area contributed by atoms with Gasteiger partial charge in [-0.2, -0.15) is 5.10 Å². The average molecular weight is 297 g/mol. The molecule has 1 aromatic rings. The van der Waals surface area contributed by atoms with Crippen molar-refractivity contribution in [3.63, 3.8) is 0 Å². The molecule has 0 fully saturated rings. The molecule has 1 rings (SSSR count). The Morgan fingerprint density at radius 2 is 2.14 bits per heavy atom. The Morgan fingerprint density at radius 1 is 1.57 bits per heavy atom. The van der Waals surface area contributed by atoms with Gasteiger partial charge in [-0.1, -0.05) is 13.8 Å². The van der Waals surface area contributed by atoms with Crippen LogP contribution in [0, 0.1) is 23.0 Å². The van der Waals surface area contributed by atoms with Crippen LogP contribution in [0.2, 0.25) is 0 Å². The number of amides is 1. The zero-order valence-electron chi connectivity index (χ0n) is 13.1. The predicted octanol–water partition coefficient (Wildman–Crippen LogP) is 1.13. The van der Waals surface area contributed by atoms with Crippen molar-refractivity contribution in [3.8, 4) is 0 Å². The van der Waals surface area contributed by atoms with E-state index in [2.05, 4.69) is 10.4 Å². The van der Waals surface area contributed by atoms with Crippen LogP contribution in [0.5, 0.6) is 0 Å². The molecule has 1 atom stereocenters. The number of nitrogens with one attached hydrogen (secondary N) is 1. The van der Waals surface area contributed by atoms with Gasteiger partial charge in [0.05, 0.1) is 10.5 Å². The second-order valence-corrected chi connectivity index (χ2v) is 5.98. The Kier molecular flexibility index (Phi) is 5.06. The molecule has 8 nitrogen and oxygen atoms in total. The van der Waals surface area contributed by atoms with E-state index in [9.17, 15) is 14.9 Å². The maximum Gasteiger partial charge on any atom is 0.322 e. The summed E-state index contributed by atoms with van der Waals surface area (Å²) in [6.07, 6.45) is 0.680. The number of nitrogens with zero attached hydrogens (tertiary/aromatic N) is 3. The minimum absolute atomic E-state index is 0.0547. The number of carbonyl (C=O) groups is 1. The number of nitrogens with two attached hydrogens (primary N) is 1. The molecule has 0 spiro atoms. The van der Waals surface area contributed by atoms with E-state index in [4.69, 9.17) is 5.73 Å². The maximum atomic E-state index is 12.4. The first-order valence-electron chi connectivity index (χ1n) is 6.82. The van der Waals surface area contributed by atoms with Crippen molar-refractivity contribution in [2.45, 2.75) is 39.7 Å². The molecule has 1 amide bonds. The molecular formula is C13H23N5O3. The smallest absolute Gasteiger partial charge is 0.322 e. The lowest BCUT2D eigenvalue weighted by molar-refractivity contribution is -0.385. The Bertz CT molecular complexity index is 552. The SMILES string of the molecule is Cc1nn(C)c(C(=O)NC(C)(CN)CC(C)C)c1[N+](=O)[O-]. The minimum Gasteiger partial charge on any atom is -0.344 e. The highest BCUT2D eigenvalue weighted by Crippen LogP contribution is 2.23. The summed E-state index contributed by atoms with van der Waals surface area (Å²) in [6.45, 7) is 7.64. The molecule has 0 radical (unpaired) electrons. The fourth-order valence-electron chi connectivity index (χ4n) is 2.54. The molecule has 0 saturated carbocycles. The Balaban J connectivity index is 3.12. The van der Waals surface area contributed by atoms with Gasteiger partial charge in [-0.05, 0) is 26.2 Å². The lowest BCUT2D eigenvalue weighted by Gasteiger charge is -2.31. The van der Waals surface area contributed by atoms with Gasteiger partial charge in [0, 0.05) is 13.6 Å². The van der Waals surface area contributed by atoms with Crippen LogP contribution in [0.15, 0.2) is 0 Å². The van der Waals surface area contributed by atoms with Gasteiger partial charge in [-0.25, -0.2) is 0 Å². The average Bonchev–Trinajstić information content (AvgIpc) is 2.63. The van der Waals surface area contributed by atoms with Gasteiger partial charge < -0.3 is 11.1 Å². The molecule has 0 bridgehead atoms. The number of hydrogen-bond donors (Lipinski definition) is 2. The van der Waals surface area contributed by atoms with E-state index < -0.39 is 16.4 Å². The summed E-state index contributed by atoms with van der Waals surface area (Å²) >= 11 is 0. The normalized spacial score (nSPS) is 14.0. The number of hydrogen-bond acceptors (Lipinski definition) is 5. The molecule has 1 unspecified atom stereocenters. The van der Waals surface area contributed by atoms with Crippen LogP contribution in [-0.2, 0) is 7.05 Å². The number of rotatable bonds is 6. The van der Waals surface area contributed by atoms with E-state index in [0.717, 1.165) is 0 Å². The third-order valence-corrected chi connectivity index (χ3v) is 3.31. The Labute approximate surface area is 123 Å². The van der Waals surface area contributed by atoms with Crippen LogP contribution in [-0.4, -0.2) is 32.7 Å². The highest BCUT2D eigenvalue weighted by molar-refractivity contribution is 5.97. The largest absolute Gasteiger partial charge is 0.344 e. The first-order valence-corrected chi connectivity index (χ1v) is 6.82. The third-order valence-electron chi connectivity index (χ3n) is 3.31. The molecule has 0 saturated heterocycles. The number of nitro groups is 1. The third kappa shape index (κ3) is 3.78. The molecule has 0 aliphatic rings. The minimum atomic E-state index is -0.614. The van der Waals surface area contributed by atoms with Crippen LogP contribution in [0.3, 0.4) is 0 Å². The predicted molar refractivity (Wildman–Crippen MR) is 79.0 cm³/mol. The fourth-order valence-corrected chi connectivity index (χ4v) is 2.54. The van der Waals surface area contributed by atoms with Gasteiger partial charge in [0.2, 0.25) is 5.69 Å². The number of carbonyl (C=O) groups excluding carboxylic acids is 1. The quantitative estimate of drug-likeness (QED) is 0.603. The molecule has 1 aromatic heterocycles. The second kappa shape index (κ2) is 6.21. The molecular weight excluding hydrogens is 274 g/mol. The summed E-state index contributed by atoms with van der Waals surface area (Å²) in [5.74, 6) is -0.194. The molecule has 1 heterocycles. The highest BCUT2D eigenvalue weighted by atomic mass is 16.6. The van der Waals surface area contributed by atoms with E-state index in [1.165, 1.54) is 18.7 Å². The zero-order valence-corrected chi connectivity index (χ0v) is 13.1. The summed E-state index contributed by atoms with van der Waals surface area (Å²) in [6, 6.07) is 0. The van der Waals surface area contributed by atoms with Crippen LogP contribution in [0.4, 0.5) is 5.69 Å². The molecule has 118 valence electrons. The number of aryl methyl sites for hydroxylation is 2. The van der Waals surface area contributed by atoms with Crippen molar-refractivity contribution in [3.05, 3.63) is 21.5 Å². The molecule has 0 aliphatic heterocycles. The van der Waals surface area contributed by atoms with Crippen LogP contribution in [0.1, 0.15) is 43.4 Å². The standard InChI is InChI=1S/C13H23N5O3/c1-8(2)6-13(4,7-14)15-12(19)11-10(18(20)21)9(3)16-17(11)5/h8H,6-7,14H2,1-5H3,(H,15,19). The summed E-state index contributed by atoms with van der Waals surface area (Å²) < 4.78 is 1.23. The summed E-state index contributed by atoms with van der Waals surface area (Å²) in [7, 11) is 1.51. The molecule has 0 aromatic carbocycles.